The minimum Gasteiger partial charge on any atom is -0.459 e. The van der Waals surface area contributed by atoms with Crippen molar-refractivity contribution in [3.63, 3.8) is 0 Å². The molecule has 0 saturated carbocycles. The van der Waals surface area contributed by atoms with Gasteiger partial charge in [0, 0.05) is 5.56 Å². The smallest absolute Gasteiger partial charge is 0.328 e. The third kappa shape index (κ3) is 4.69. The van der Waals surface area contributed by atoms with Crippen LogP contribution >= 0.6 is 23.2 Å². The summed E-state index contributed by atoms with van der Waals surface area (Å²) in [4.78, 5) is 24.0. The zero-order valence-corrected chi connectivity index (χ0v) is 14.2. The Morgan fingerprint density at radius 1 is 1.17 bits per heavy atom. The number of halogens is 3. The first-order valence-corrected chi connectivity index (χ1v) is 7.80. The van der Waals surface area contributed by atoms with Crippen molar-refractivity contribution in [3.05, 3.63) is 69.5 Å². The summed E-state index contributed by atoms with van der Waals surface area (Å²) in [5, 5.41) is 2.95. The number of benzene rings is 2. The lowest BCUT2D eigenvalue weighted by Crippen LogP contribution is -2.39. The van der Waals surface area contributed by atoms with Crippen molar-refractivity contribution >= 4 is 35.1 Å². The van der Waals surface area contributed by atoms with Gasteiger partial charge in [-0.3, -0.25) is 4.79 Å². The van der Waals surface area contributed by atoms with Gasteiger partial charge in [-0.05, 0) is 31.2 Å². The third-order valence-corrected chi connectivity index (χ3v) is 3.89. The predicted molar refractivity (Wildman–Crippen MR) is 89.6 cm³/mol. The van der Waals surface area contributed by atoms with E-state index in [9.17, 15) is 14.0 Å². The Morgan fingerprint density at radius 3 is 2.54 bits per heavy atom. The Balaban J connectivity index is 1.92. The lowest BCUT2D eigenvalue weighted by Gasteiger charge is -2.14. The number of carbonyl (C=O) groups is 2. The first-order chi connectivity index (χ1) is 11.4. The van der Waals surface area contributed by atoms with Crippen LogP contribution in [0.4, 0.5) is 4.39 Å². The monoisotopic (exact) mass is 369 g/mol. The van der Waals surface area contributed by atoms with E-state index < -0.39 is 23.7 Å². The number of hydrogen-bond acceptors (Lipinski definition) is 3. The van der Waals surface area contributed by atoms with Gasteiger partial charge < -0.3 is 10.1 Å². The molecule has 0 aliphatic rings. The van der Waals surface area contributed by atoms with Gasteiger partial charge in [-0.2, -0.15) is 0 Å². The van der Waals surface area contributed by atoms with Crippen molar-refractivity contribution in [2.45, 2.75) is 19.6 Å². The fraction of sp³-hybridized carbons (Fsp3) is 0.176. The van der Waals surface area contributed by atoms with Crippen molar-refractivity contribution in [1.82, 2.24) is 5.32 Å². The maximum Gasteiger partial charge on any atom is 0.328 e. The summed E-state index contributed by atoms with van der Waals surface area (Å²) < 4.78 is 18.0. The van der Waals surface area contributed by atoms with Crippen molar-refractivity contribution in [2.24, 2.45) is 0 Å². The SMILES string of the molecule is C[C@H](NC(=O)c1ccccc1Cl)C(=O)OCc1ccc(F)cc1Cl. The Hall–Kier alpha value is -2.11. The molecule has 2 aromatic rings. The molecule has 4 nitrogen and oxygen atoms in total. The summed E-state index contributed by atoms with van der Waals surface area (Å²) in [6.07, 6.45) is 0. The van der Waals surface area contributed by atoms with E-state index in [1.807, 2.05) is 0 Å². The number of hydrogen-bond donors (Lipinski definition) is 1. The van der Waals surface area contributed by atoms with Crippen molar-refractivity contribution in [3.8, 4) is 0 Å². The standard InChI is InChI=1S/C17H14Cl2FNO3/c1-10(21-16(22)13-4-2-3-5-14(13)18)17(23)24-9-11-6-7-12(20)8-15(11)19/h2-8,10H,9H2,1H3,(H,21,22)/t10-/m0/s1. The summed E-state index contributed by atoms with van der Waals surface area (Å²) in [6.45, 7) is 1.37. The third-order valence-electron chi connectivity index (χ3n) is 3.20. The lowest BCUT2D eigenvalue weighted by atomic mass is 10.2. The molecule has 2 aromatic carbocycles. The molecule has 1 N–H and O–H groups in total. The molecule has 0 saturated heterocycles. The fourth-order valence-corrected chi connectivity index (χ4v) is 2.33. The normalized spacial score (nSPS) is 11.7. The first-order valence-electron chi connectivity index (χ1n) is 7.04. The number of carbonyl (C=O) groups excluding carboxylic acids is 2. The Labute approximate surface area is 148 Å². The van der Waals surface area contributed by atoms with Crippen molar-refractivity contribution < 1.29 is 18.7 Å². The quantitative estimate of drug-likeness (QED) is 0.810. The number of amides is 1. The molecule has 24 heavy (non-hydrogen) atoms. The van der Waals surface area contributed by atoms with E-state index in [0.717, 1.165) is 6.07 Å². The molecule has 1 atom stereocenters. The highest BCUT2D eigenvalue weighted by molar-refractivity contribution is 6.33. The predicted octanol–water partition coefficient (Wildman–Crippen LogP) is 3.99. The number of rotatable bonds is 5. The van der Waals surface area contributed by atoms with Gasteiger partial charge in [-0.1, -0.05) is 41.4 Å². The molecule has 1 amide bonds. The Kier molecular flexibility index (Phi) is 6.17. The van der Waals surface area contributed by atoms with Gasteiger partial charge in [0.25, 0.3) is 5.91 Å². The highest BCUT2D eigenvalue weighted by Crippen LogP contribution is 2.18. The maximum absolute atomic E-state index is 13.0. The molecule has 7 heteroatoms. The molecule has 0 aromatic heterocycles. The van der Waals surface area contributed by atoms with Gasteiger partial charge in [0.2, 0.25) is 0 Å². The van der Waals surface area contributed by atoms with Crippen LogP contribution in [-0.2, 0) is 16.1 Å². The fourth-order valence-electron chi connectivity index (χ4n) is 1.89. The first kappa shape index (κ1) is 18.2. The number of ether oxygens (including phenoxy) is 1. The van der Waals surface area contributed by atoms with Crippen LogP contribution in [0, 0.1) is 5.82 Å². The second-order valence-electron chi connectivity index (χ2n) is 5.02. The van der Waals surface area contributed by atoms with E-state index in [4.69, 9.17) is 27.9 Å². The van der Waals surface area contributed by atoms with E-state index in [1.165, 1.54) is 19.1 Å². The van der Waals surface area contributed by atoms with Crippen LogP contribution in [-0.4, -0.2) is 17.9 Å². The molecular formula is C17H14Cl2FNO3. The molecule has 0 aliphatic carbocycles. The van der Waals surface area contributed by atoms with E-state index in [-0.39, 0.29) is 22.2 Å². The van der Waals surface area contributed by atoms with E-state index >= 15 is 0 Å². The summed E-state index contributed by atoms with van der Waals surface area (Å²) in [7, 11) is 0. The second kappa shape index (κ2) is 8.13. The molecule has 0 fully saturated rings. The lowest BCUT2D eigenvalue weighted by molar-refractivity contribution is -0.146. The summed E-state index contributed by atoms with van der Waals surface area (Å²) >= 11 is 11.8. The summed E-state index contributed by atoms with van der Waals surface area (Å²) in [5.41, 5.74) is 0.733. The average molecular weight is 370 g/mol. The summed E-state index contributed by atoms with van der Waals surface area (Å²) in [6, 6.07) is 9.39. The van der Waals surface area contributed by atoms with Crippen LogP contribution in [0.1, 0.15) is 22.8 Å². The van der Waals surface area contributed by atoms with Crippen molar-refractivity contribution in [2.75, 3.05) is 0 Å². The van der Waals surface area contributed by atoms with Gasteiger partial charge in [0.1, 0.15) is 18.5 Å². The van der Waals surface area contributed by atoms with Gasteiger partial charge in [-0.15, -0.1) is 0 Å². The highest BCUT2D eigenvalue weighted by atomic mass is 35.5. The van der Waals surface area contributed by atoms with Crippen LogP contribution in [0.5, 0.6) is 0 Å². The van der Waals surface area contributed by atoms with Crippen LogP contribution in [0.3, 0.4) is 0 Å². The molecule has 126 valence electrons. The van der Waals surface area contributed by atoms with E-state index in [0.29, 0.717) is 5.56 Å². The highest BCUT2D eigenvalue weighted by Gasteiger charge is 2.19. The van der Waals surface area contributed by atoms with Gasteiger partial charge in [0.15, 0.2) is 0 Å². The average Bonchev–Trinajstić information content (AvgIpc) is 2.54. The van der Waals surface area contributed by atoms with Crippen molar-refractivity contribution in [1.29, 1.82) is 0 Å². The molecule has 0 heterocycles. The zero-order chi connectivity index (χ0) is 17.7. The minimum atomic E-state index is -0.881. The Bertz CT molecular complexity index is 767. The maximum atomic E-state index is 13.0. The van der Waals surface area contributed by atoms with Crippen LogP contribution < -0.4 is 5.32 Å². The molecule has 0 aliphatic heterocycles. The molecule has 0 radical (unpaired) electrons. The van der Waals surface area contributed by atoms with Crippen LogP contribution in [0.15, 0.2) is 42.5 Å². The van der Waals surface area contributed by atoms with Gasteiger partial charge in [0.05, 0.1) is 15.6 Å². The summed E-state index contributed by atoms with van der Waals surface area (Å²) in [5.74, 6) is -1.60. The molecular weight excluding hydrogens is 356 g/mol. The topological polar surface area (TPSA) is 55.4 Å². The van der Waals surface area contributed by atoms with Gasteiger partial charge in [-0.25, -0.2) is 9.18 Å². The molecule has 2 rings (SSSR count). The molecule has 0 unspecified atom stereocenters. The van der Waals surface area contributed by atoms with E-state index in [1.54, 1.807) is 24.3 Å². The van der Waals surface area contributed by atoms with Crippen LogP contribution in [0.2, 0.25) is 10.0 Å². The zero-order valence-electron chi connectivity index (χ0n) is 12.7. The molecule has 0 bridgehead atoms. The largest absolute Gasteiger partial charge is 0.459 e. The van der Waals surface area contributed by atoms with Crippen LogP contribution in [0.25, 0.3) is 0 Å². The molecule has 0 spiro atoms. The minimum absolute atomic E-state index is 0.121. The second-order valence-corrected chi connectivity index (χ2v) is 5.83. The Morgan fingerprint density at radius 2 is 1.88 bits per heavy atom. The van der Waals surface area contributed by atoms with E-state index in [2.05, 4.69) is 5.32 Å². The number of esters is 1. The number of nitrogens with one attached hydrogen (secondary N) is 1. The van der Waals surface area contributed by atoms with Gasteiger partial charge >= 0.3 is 5.97 Å².